The average Bonchev–Trinajstić information content (AvgIpc) is 2.37. The molecule has 0 fully saturated rings. The Balaban J connectivity index is 2.31. The van der Waals surface area contributed by atoms with Crippen LogP contribution in [0.5, 0.6) is 0 Å². The number of ketones is 1. The lowest BCUT2D eigenvalue weighted by Crippen LogP contribution is -2.36. The fourth-order valence-corrected chi connectivity index (χ4v) is 2.61. The van der Waals surface area contributed by atoms with Crippen molar-refractivity contribution in [1.82, 2.24) is 4.90 Å². The number of halogens is 1. The van der Waals surface area contributed by atoms with Crippen molar-refractivity contribution >= 4 is 27.7 Å². The second kappa shape index (κ2) is 5.63. The zero-order chi connectivity index (χ0) is 13.1. The van der Waals surface area contributed by atoms with Gasteiger partial charge in [0.1, 0.15) is 0 Å². The number of alkyl halides is 1. The van der Waals surface area contributed by atoms with Crippen LogP contribution < -0.4 is 0 Å². The van der Waals surface area contributed by atoms with E-state index >= 15 is 0 Å². The van der Waals surface area contributed by atoms with Crippen molar-refractivity contribution in [2.45, 2.75) is 6.54 Å². The highest BCUT2D eigenvalue weighted by Gasteiger charge is 2.23. The van der Waals surface area contributed by atoms with E-state index in [0.29, 0.717) is 24.2 Å². The Morgan fingerprint density at radius 3 is 2.89 bits per heavy atom. The second-order valence-electron chi connectivity index (χ2n) is 4.19. The van der Waals surface area contributed by atoms with Crippen LogP contribution in [0, 0.1) is 0 Å². The van der Waals surface area contributed by atoms with Crippen LogP contribution >= 0.6 is 15.9 Å². The summed E-state index contributed by atoms with van der Waals surface area (Å²) in [6.45, 7) is 1.95. The summed E-state index contributed by atoms with van der Waals surface area (Å²) in [7, 11) is 1.35. The topological polar surface area (TPSA) is 46.6 Å². The summed E-state index contributed by atoms with van der Waals surface area (Å²) in [5, 5.41) is 0.826. The molecule has 0 saturated heterocycles. The van der Waals surface area contributed by atoms with Crippen LogP contribution in [-0.2, 0) is 11.3 Å². The lowest BCUT2D eigenvalue weighted by molar-refractivity contribution is 0.0599. The first-order valence-corrected chi connectivity index (χ1v) is 6.80. The van der Waals surface area contributed by atoms with Crippen molar-refractivity contribution in [3.8, 4) is 0 Å². The first-order chi connectivity index (χ1) is 8.65. The smallest absolute Gasteiger partial charge is 0.337 e. The molecule has 0 unspecified atom stereocenters. The zero-order valence-electron chi connectivity index (χ0n) is 10.1. The fraction of sp³-hybridized carbons (Fsp3) is 0.385. The fourth-order valence-electron chi connectivity index (χ4n) is 2.10. The molecule has 1 aromatic rings. The highest BCUT2D eigenvalue weighted by molar-refractivity contribution is 9.09. The number of nitrogens with zero attached hydrogens (tertiary/aromatic N) is 1. The predicted molar refractivity (Wildman–Crippen MR) is 71.2 cm³/mol. The van der Waals surface area contributed by atoms with Gasteiger partial charge in [-0.1, -0.05) is 22.0 Å². The first kappa shape index (κ1) is 13.2. The Hall–Kier alpha value is -1.20. The van der Waals surface area contributed by atoms with Gasteiger partial charge in [-0.3, -0.25) is 9.69 Å². The van der Waals surface area contributed by atoms with Crippen LogP contribution in [0.15, 0.2) is 18.2 Å². The minimum atomic E-state index is -0.372. The van der Waals surface area contributed by atoms with Crippen LogP contribution in [0.3, 0.4) is 0 Å². The quantitative estimate of drug-likeness (QED) is 0.631. The normalized spacial score (nSPS) is 15.3. The Morgan fingerprint density at radius 2 is 2.22 bits per heavy atom. The van der Waals surface area contributed by atoms with Crippen molar-refractivity contribution in [3.05, 3.63) is 34.9 Å². The molecule has 4 nitrogen and oxygen atoms in total. The Kier molecular flexibility index (Phi) is 4.14. The maximum Gasteiger partial charge on any atom is 0.337 e. The molecular formula is C13H14BrNO3. The van der Waals surface area contributed by atoms with E-state index in [4.69, 9.17) is 0 Å². The third kappa shape index (κ3) is 2.62. The molecule has 5 heteroatoms. The van der Waals surface area contributed by atoms with Crippen molar-refractivity contribution < 1.29 is 14.3 Å². The standard InChI is InChI=1S/C13H14BrNO3/c1-18-13(17)9-2-3-11-10(6-9)7-15(5-4-14)8-12(11)16/h2-3,6H,4-5,7-8H2,1H3. The number of esters is 1. The number of rotatable bonds is 3. The van der Waals surface area contributed by atoms with E-state index in [9.17, 15) is 9.59 Å². The summed E-state index contributed by atoms with van der Waals surface area (Å²) in [6, 6.07) is 5.11. The van der Waals surface area contributed by atoms with Gasteiger partial charge in [-0.25, -0.2) is 4.79 Å². The molecule has 96 valence electrons. The maximum atomic E-state index is 11.9. The number of carbonyl (C=O) groups excluding carboxylic acids is 2. The SMILES string of the molecule is COC(=O)c1ccc2c(c1)CN(CCBr)CC2=O. The third-order valence-electron chi connectivity index (χ3n) is 2.99. The van der Waals surface area contributed by atoms with Gasteiger partial charge in [-0.2, -0.15) is 0 Å². The number of benzene rings is 1. The number of hydrogen-bond acceptors (Lipinski definition) is 4. The number of Topliss-reactive ketones (excluding diaryl/α,β-unsaturated/α-hetero) is 1. The third-order valence-corrected chi connectivity index (χ3v) is 3.34. The van der Waals surface area contributed by atoms with Crippen LogP contribution in [0.2, 0.25) is 0 Å². The Labute approximate surface area is 114 Å². The number of fused-ring (bicyclic) bond motifs is 1. The van der Waals surface area contributed by atoms with Crippen molar-refractivity contribution in [2.24, 2.45) is 0 Å². The van der Waals surface area contributed by atoms with Crippen molar-refractivity contribution in [3.63, 3.8) is 0 Å². The Morgan fingerprint density at radius 1 is 1.44 bits per heavy atom. The number of methoxy groups -OCH3 is 1. The first-order valence-electron chi connectivity index (χ1n) is 5.68. The summed E-state index contributed by atoms with van der Waals surface area (Å²) >= 11 is 3.37. The lowest BCUT2D eigenvalue weighted by atomic mass is 9.96. The van der Waals surface area contributed by atoms with Crippen molar-refractivity contribution in [1.29, 1.82) is 0 Å². The van der Waals surface area contributed by atoms with E-state index in [1.54, 1.807) is 18.2 Å². The molecule has 0 radical (unpaired) electrons. The second-order valence-corrected chi connectivity index (χ2v) is 4.98. The van der Waals surface area contributed by atoms with E-state index in [-0.39, 0.29) is 11.8 Å². The van der Waals surface area contributed by atoms with Crippen LogP contribution in [0.4, 0.5) is 0 Å². The van der Waals surface area contributed by atoms with Gasteiger partial charge in [0.15, 0.2) is 5.78 Å². The summed E-state index contributed by atoms with van der Waals surface area (Å²) < 4.78 is 4.68. The molecule has 1 aromatic carbocycles. The minimum Gasteiger partial charge on any atom is -0.465 e. The van der Waals surface area contributed by atoms with Gasteiger partial charge >= 0.3 is 5.97 Å². The van der Waals surface area contributed by atoms with E-state index < -0.39 is 0 Å². The molecule has 2 rings (SSSR count). The van der Waals surface area contributed by atoms with Crippen LogP contribution in [0.25, 0.3) is 0 Å². The molecule has 0 N–H and O–H groups in total. The molecule has 0 bridgehead atoms. The Bertz CT molecular complexity index is 487. The molecule has 1 aliphatic heterocycles. The zero-order valence-corrected chi connectivity index (χ0v) is 11.7. The molecule has 0 spiro atoms. The van der Waals surface area contributed by atoms with Gasteiger partial charge in [-0.15, -0.1) is 0 Å². The summed E-state index contributed by atoms with van der Waals surface area (Å²) in [5.74, 6) is -0.267. The maximum absolute atomic E-state index is 11.9. The van der Waals surface area contributed by atoms with Gasteiger partial charge < -0.3 is 4.74 Å². The molecule has 0 saturated carbocycles. The van der Waals surface area contributed by atoms with E-state index in [2.05, 4.69) is 25.6 Å². The van der Waals surface area contributed by atoms with Gasteiger partial charge in [0.2, 0.25) is 0 Å². The molecule has 0 aliphatic carbocycles. The predicted octanol–water partition coefficient (Wildman–Crippen LogP) is 1.87. The van der Waals surface area contributed by atoms with E-state index in [1.165, 1.54) is 7.11 Å². The monoisotopic (exact) mass is 311 g/mol. The van der Waals surface area contributed by atoms with Gasteiger partial charge in [0, 0.05) is 24.0 Å². The summed E-state index contributed by atoms with van der Waals surface area (Å²) in [5.41, 5.74) is 2.10. The number of hydrogen-bond donors (Lipinski definition) is 0. The molecule has 0 amide bonds. The largest absolute Gasteiger partial charge is 0.465 e. The highest BCUT2D eigenvalue weighted by Crippen LogP contribution is 2.20. The van der Waals surface area contributed by atoms with Crippen molar-refractivity contribution in [2.75, 3.05) is 25.5 Å². The average molecular weight is 312 g/mol. The molecule has 1 aliphatic rings. The van der Waals surface area contributed by atoms with Gasteiger partial charge in [0.25, 0.3) is 0 Å². The van der Waals surface area contributed by atoms with Crippen LogP contribution in [-0.4, -0.2) is 42.2 Å². The highest BCUT2D eigenvalue weighted by atomic mass is 79.9. The van der Waals surface area contributed by atoms with E-state index in [1.807, 2.05) is 0 Å². The molecule has 0 atom stereocenters. The molecule has 18 heavy (non-hydrogen) atoms. The number of ether oxygens (including phenoxy) is 1. The summed E-state index contributed by atoms with van der Waals surface area (Å²) in [6.07, 6.45) is 0. The molecule has 1 heterocycles. The van der Waals surface area contributed by atoms with E-state index in [0.717, 1.165) is 17.4 Å². The van der Waals surface area contributed by atoms with Gasteiger partial charge in [-0.05, 0) is 17.7 Å². The number of carbonyl (C=O) groups is 2. The molecular weight excluding hydrogens is 298 g/mol. The minimum absolute atomic E-state index is 0.105. The summed E-state index contributed by atoms with van der Waals surface area (Å²) in [4.78, 5) is 25.5. The lowest BCUT2D eigenvalue weighted by Gasteiger charge is -2.27. The van der Waals surface area contributed by atoms with Gasteiger partial charge in [0.05, 0.1) is 19.2 Å². The molecule has 0 aromatic heterocycles. The van der Waals surface area contributed by atoms with Crippen LogP contribution in [0.1, 0.15) is 26.3 Å².